The van der Waals surface area contributed by atoms with Gasteiger partial charge in [-0.1, -0.05) is 18.2 Å². The van der Waals surface area contributed by atoms with Gasteiger partial charge in [-0.05, 0) is 92.3 Å². The van der Waals surface area contributed by atoms with Gasteiger partial charge in [0.05, 0.1) is 11.5 Å². The van der Waals surface area contributed by atoms with Gasteiger partial charge in [0.25, 0.3) is 5.91 Å². The van der Waals surface area contributed by atoms with Crippen LogP contribution in [0.1, 0.15) is 60.7 Å². The van der Waals surface area contributed by atoms with E-state index in [1.165, 1.54) is 44.1 Å². The van der Waals surface area contributed by atoms with Crippen molar-refractivity contribution in [3.05, 3.63) is 52.2 Å². The maximum atomic E-state index is 13.6. The van der Waals surface area contributed by atoms with Crippen molar-refractivity contribution in [3.63, 3.8) is 0 Å². The summed E-state index contributed by atoms with van der Waals surface area (Å²) in [6.07, 6.45) is 7.78. The lowest BCUT2D eigenvalue weighted by atomic mass is 9.52. The molecule has 4 aliphatic rings. The fourth-order valence-corrected chi connectivity index (χ4v) is 7.10. The van der Waals surface area contributed by atoms with Crippen LogP contribution < -0.4 is 4.74 Å². The maximum absolute atomic E-state index is 13.6. The fourth-order valence-electron chi connectivity index (χ4n) is 6.42. The summed E-state index contributed by atoms with van der Waals surface area (Å²) in [6, 6.07) is 12.3. The first kappa shape index (κ1) is 18.2. The van der Waals surface area contributed by atoms with Crippen molar-refractivity contribution >= 4 is 17.2 Å². The second-order valence-corrected chi connectivity index (χ2v) is 10.0. The van der Waals surface area contributed by atoms with Crippen LogP contribution in [-0.4, -0.2) is 23.0 Å². The van der Waals surface area contributed by atoms with Crippen molar-refractivity contribution in [2.45, 2.75) is 57.5 Å². The average Bonchev–Trinajstić information content (AvgIpc) is 3.21. The summed E-state index contributed by atoms with van der Waals surface area (Å²) in [5.74, 6) is 3.60. The molecule has 0 saturated heterocycles. The third-order valence-electron chi connectivity index (χ3n) is 7.13. The van der Waals surface area contributed by atoms with Crippen LogP contribution in [0.4, 0.5) is 0 Å². The van der Waals surface area contributed by atoms with Gasteiger partial charge in [0.2, 0.25) is 0 Å². The van der Waals surface area contributed by atoms with Crippen molar-refractivity contribution in [3.8, 4) is 5.75 Å². The van der Waals surface area contributed by atoms with Gasteiger partial charge in [-0.3, -0.25) is 4.79 Å². The number of nitrogens with zero attached hydrogens (tertiary/aromatic N) is 1. The molecular formula is C24H29NO2S. The summed E-state index contributed by atoms with van der Waals surface area (Å²) in [4.78, 5) is 16.7. The Bertz CT molecular complexity index is 792. The van der Waals surface area contributed by atoms with Crippen LogP contribution in [0.2, 0.25) is 0 Å². The number of hydrogen-bond acceptors (Lipinski definition) is 3. The Morgan fingerprint density at radius 1 is 1.07 bits per heavy atom. The fraction of sp³-hybridized carbons (Fsp3) is 0.542. The lowest BCUT2D eigenvalue weighted by Crippen LogP contribution is -2.61. The smallest absolute Gasteiger partial charge is 0.264 e. The van der Waals surface area contributed by atoms with E-state index in [0.29, 0.717) is 13.2 Å². The van der Waals surface area contributed by atoms with Crippen LogP contribution in [0, 0.1) is 17.8 Å². The normalized spacial score (nSPS) is 30.4. The molecule has 0 atom stereocenters. The molecule has 3 nitrogen and oxygen atoms in total. The molecule has 0 unspecified atom stereocenters. The number of amides is 1. The molecule has 4 aliphatic carbocycles. The summed E-state index contributed by atoms with van der Waals surface area (Å²) in [7, 11) is 0. The maximum Gasteiger partial charge on any atom is 0.264 e. The highest BCUT2D eigenvalue weighted by Crippen LogP contribution is 2.58. The lowest BCUT2D eigenvalue weighted by Gasteiger charge is -2.60. The van der Waals surface area contributed by atoms with E-state index < -0.39 is 0 Å². The molecule has 0 aliphatic heterocycles. The molecule has 28 heavy (non-hydrogen) atoms. The van der Waals surface area contributed by atoms with E-state index in [-0.39, 0.29) is 11.4 Å². The highest BCUT2D eigenvalue weighted by atomic mass is 32.1. The molecule has 2 aromatic rings. The van der Waals surface area contributed by atoms with Gasteiger partial charge in [-0.2, -0.15) is 0 Å². The minimum absolute atomic E-state index is 0.0639. The van der Waals surface area contributed by atoms with E-state index in [9.17, 15) is 4.79 Å². The van der Waals surface area contributed by atoms with Crippen molar-refractivity contribution in [1.82, 2.24) is 4.90 Å². The molecule has 1 heterocycles. The Kier molecular flexibility index (Phi) is 4.70. The van der Waals surface area contributed by atoms with E-state index >= 15 is 0 Å². The van der Waals surface area contributed by atoms with E-state index in [1.807, 2.05) is 36.6 Å². The Hall–Kier alpha value is -1.81. The van der Waals surface area contributed by atoms with Gasteiger partial charge in [-0.15, -0.1) is 11.3 Å². The van der Waals surface area contributed by atoms with Gasteiger partial charge in [0, 0.05) is 12.1 Å². The van der Waals surface area contributed by atoms with E-state index in [0.717, 1.165) is 28.4 Å². The summed E-state index contributed by atoms with van der Waals surface area (Å²) in [5.41, 5.74) is 1.26. The molecule has 4 heteroatoms. The molecule has 0 radical (unpaired) electrons. The van der Waals surface area contributed by atoms with Gasteiger partial charge in [0.15, 0.2) is 0 Å². The van der Waals surface area contributed by atoms with Crippen LogP contribution in [0.25, 0.3) is 0 Å². The number of thiophene rings is 1. The molecule has 4 bridgehead atoms. The SMILES string of the molecule is CCOc1ccc(CN(C(=O)c2cccs2)C23CC4CC(CC(C4)C2)C3)cc1. The first-order valence-corrected chi connectivity index (χ1v) is 11.6. The lowest BCUT2D eigenvalue weighted by molar-refractivity contribution is -0.0774. The summed E-state index contributed by atoms with van der Waals surface area (Å²) in [6.45, 7) is 3.38. The van der Waals surface area contributed by atoms with Gasteiger partial charge in [-0.25, -0.2) is 0 Å². The third-order valence-corrected chi connectivity index (χ3v) is 7.99. The first-order valence-electron chi connectivity index (χ1n) is 10.7. The van der Waals surface area contributed by atoms with Gasteiger partial charge in [0.1, 0.15) is 5.75 Å². The van der Waals surface area contributed by atoms with Crippen molar-refractivity contribution in [2.75, 3.05) is 6.61 Å². The van der Waals surface area contributed by atoms with Crippen molar-refractivity contribution in [2.24, 2.45) is 17.8 Å². The summed E-state index contributed by atoms with van der Waals surface area (Å²) >= 11 is 1.57. The van der Waals surface area contributed by atoms with Crippen LogP contribution in [-0.2, 0) is 6.54 Å². The highest BCUT2D eigenvalue weighted by Gasteiger charge is 2.54. The summed E-state index contributed by atoms with van der Waals surface area (Å²) < 4.78 is 5.59. The van der Waals surface area contributed by atoms with Crippen LogP contribution in [0.15, 0.2) is 41.8 Å². The number of carbonyl (C=O) groups excluding carboxylic acids is 1. The molecule has 0 N–H and O–H groups in total. The van der Waals surface area contributed by atoms with E-state index in [2.05, 4.69) is 17.0 Å². The second-order valence-electron chi connectivity index (χ2n) is 9.09. The van der Waals surface area contributed by atoms with Crippen LogP contribution in [0.5, 0.6) is 5.75 Å². The Labute approximate surface area is 171 Å². The standard InChI is InChI=1S/C24H29NO2S/c1-2-27-21-7-5-17(6-8-21)16-25(23(26)22-4-3-9-28-22)24-13-18-10-19(14-24)12-20(11-18)15-24/h3-9,18-20H,2,10-16H2,1H3. The van der Waals surface area contributed by atoms with Crippen molar-refractivity contribution in [1.29, 1.82) is 0 Å². The van der Waals surface area contributed by atoms with E-state index in [4.69, 9.17) is 4.74 Å². The van der Waals surface area contributed by atoms with Crippen LogP contribution in [0.3, 0.4) is 0 Å². The van der Waals surface area contributed by atoms with Crippen molar-refractivity contribution < 1.29 is 9.53 Å². The largest absolute Gasteiger partial charge is 0.494 e. The number of carbonyl (C=O) groups is 1. The second kappa shape index (κ2) is 7.22. The van der Waals surface area contributed by atoms with Crippen LogP contribution >= 0.6 is 11.3 Å². The molecule has 1 aromatic heterocycles. The zero-order valence-electron chi connectivity index (χ0n) is 16.6. The molecule has 6 rings (SSSR count). The molecular weight excluding hydrogens is 366 g/mol. The number of hydrogen-bond donors (Lipinski definition) is 0. The third kappa shape index (κ3) is 3.26. The highest BCUT2D eigenvalue weighted by molar-refractivity contribution is 7.12. The molecule has 4 saturated carbocycles. The molecule has 4 fully saturated rings. The molecule has 1 amide bonds. The number of ether oxygens (including phenoxy) is 1. The Balaban J connectivity index is 1.46. The first-order chi connectivity index (χ1) is 13.6. The Morgan fingerprint density at radius 3 is 2.25 bits per heavy atom. The minimum Gasteiger partial charge on any atom is -0.494 e. The molecule has 148 valence electrons. The zero-order chi connectivity index (χ0) is 19.1. The monoisotopic (exact) mass is 395 g/mol. The Morgan fingerprint density at radius 2 is 1.71 bits per heavy atom. The minimum atomic E-state index is 0.0639. The summed E-state index contributed by atoms with van der Waals surface area (Å²) in [5, 5.41) is 2.02. The molecule has 1 aromatic carbocycles. The molecule has 0 spiro atoms. The zero-order valence-corrected chi connectivity index (χ0v) is 17.4. The van der Waals surface area contributed by atoms with Gasteiger partial charge < -0.3 is 9.64 Å². The quantitative estimate of drug-likeness (QED) is 0.622. The predicted molar refractivity (Wildman–Crippen MR) is 113 cm³/mol. The van der Waals surface area contributed by atoms with Gasteiger partial charge >= 0.3 is 0 Å². The van der Waals surface area contributed by atoms with E-state index in [1.54, 1.807) is 11.3 Å². The number of benzene rings is 1. The number of rotatable bonds is 6. The predicted octanol–water partition coefficient (Wildman–Crippen LogP) is 5.76. The topological polar surface area (TPSA) is 29.5 Å². The average molecular weight is 396 g/mol.